The number of urea groups is 1. The zero-order valence-corrected chi connectivity index (χ0v) is 17.3. The first kappa shape index (κ1) is 20.6. The number of imide groups is 1. The lowest BCUT2D eigenvalue weighted by molar-refractivity contribution is -0.138. The fraction of sp³-hybridized carbons (Fsp3) is 0.429. The predicted molar refractivity (Wildman–Crippen MR) is 108 cm³/mol. The molecule has 8 heteroatoms. The Labute approximate surface area is 170 Å². The summed E-state index contributed by atoms with van der Waals surface area (Å²) in [6.45, 7) is 5.53. The van der Waals surface area contributed by atoms with E-state index in [1.807, 2.05) is 51.2 Å². The van der Waals surface area contributed by atoms with Crippen molar-refractivity contribution >= 4 is 17.8 Å². The summed E-state index contributed by atoms with van der Waals surface area (Å²) in [5.41, 5.74) is 5.37. The average Bonchev–Trinajstić information content (AvgIpc) is 3.06. The first-order chi connectivity index (χ1) is 13.7. The van der Waals surface area contributed by atoms with E-state index in [-0.39, 0.29) is 12.3 Å². The second kappa shape index (κ2) is 8.06. The number of nitrogens with one attached hydrogen (secondary N) is 2. The Morgan fingerprint density at radius 1 is 1.17 bits per heavy atom. The third-order valence-electron chi connectivity index (χ3n) is 5.51. The SMILES string of the molecule is Cc1nn(C)c(C)c1CCC(=O)NN1C(=O)NC(C)(CCc2ccccc2)C1=O. The van der Waals surface area contributed by atoms with Gasteiger partial charge in [-0.2, -0.15) is 10.1 Å². The maximum Gasteiger partial charge on any atom is 0.344 e. The minimum absolute atomic E-state index is 0.158. The molecule has 2 N–H and O–H groups in total. The highest BCUT2D eigenvalue weighted by Gasteiger charge is 2.48. The van der Waals surface area contributed by atoms with Gasteiger partial charge in [0.15, 0.2) is 0 Å². The van der Waals surface area contributed by atoms with Gasteiger partial charge < -0.3 is 5.32 Å². The Morgan fingerprint density at radius 3 is 2.48 bits per heavy atom. The molecule has 1 aliphatic heterocycles. The van der Waals surface area contributed by atoms with Crippen molar-refractivity contribution in [3.8, 4) is 0 Å². The van der Waals surface area contributed by atoms with E-state index in [1.165, 1.54) is 0 Å². The number of carbonyl (C=O) groups excluding carboxylic acids is 3. The summed E-state index contributed by atoms with van der Waals surface area (Å²) in [6, 6.07) is 9.15. The van der Waals surface area contributed by atoms with Gasteiger partial charge in [0.2, 0.25) is 5.91 Å². The van der Waals surface area contributed by atoms with Crippen LogP contribution < -0.4 is 10.7 Å². The topological polar surface area (TPSA) is 96.3 Å². The molecule has 4 amide bonds. The highest BCUT2D eigenvalue weighted by molar-refractivity contribution is 6.07. The van der Waals surface area contributed by atoms with Crippen LogP contribution >= 0.6 is 0 Å². The van der Waals surface area contributed by atoms with Gasteiger partial charge in [0.25, 0.3) is 5.91 Å². The predicted octanol–water partition coefficient (Wildman–Crippen LogP) is 1.94. The second-order valence-corrected chi connectivity index (χ2v) is 7.70. The Balaban J connectivity index is 1.58. The van der Waals surface area contributed by atoms with Gasteiger partial charge in [-0.05, 0) is 51.2 Å². The Bertz CT molecular complexity index is 937. The summed E-state index contributed by atoms with van der Waals surface area (Å²) in [4.78, 5) is 37.5. The molecular weight excluding hydrogens is 370 g/mol. The van der Waals surface area contributed by atoms with Crippen LogP contribution in [0.5, 0.6) is 0 Å². The van der Waals surface area contributed by atoms with Gasteiger partial charge in [-0.15, -0.1) is 0 Å². The zero-order valence-electron chi connectivity index (χ0n) is 17.3. The lowest BCUT2D eigenvalue weighted by Crippen LogP contribution is -2.49. The van der Waals surface area contributed by atoms with Crippen LogP contribution in [0.4, 0.5) is 4.79 Å². The van der Waals surface area contributed by atoms with Gasteiger partial charge in [0.05, 0.1) is 5.69 Å². The van der Waals surface area contributed by atoms with E-state index in [1.54, 1.807) is 11.6 Å². The number of hydrogen-bond acceptors (Lipinski definition) is 4. The minimum Gasteiger partial charge on any atom is -0.322 e. The molecule has 1 fully saturated rings. The molecule has 0 bridgehead atoms. The van der Waals surface area contributed by atoms with Crippen molar-refractivity contribution in [2.45, 2.75) is 52.0 Å². The Hall–Kier alpha value is -3.16. The normalized spacial score (nSPS) is 18.8. The van der Waals surface area contributed by atoms with Crippen LogP contribution in [0, 0.1) is 13.8 Å². The number of rotatable bonds is 7. The summed E-state index contributed by atoms with van der Waals surface area (Å²) in [5, 5.41) is 7.85. The van der Waals surface area contributed by atoms with Crippen molar-refractivity contribution in [1.29, 1.82) is 0 Å². The van der Waals surface area contributed by atoms with Crippen LogP contribution in [0.3, 0.4) is 0 Å². The van der Waals surface area contributed by atoms with E-state index in [9.17, 15) is 14.4 Å². The largest absolute Gasteiger partial charge is 0.344 e. The molecule has 1 aromatic carbocycles. The highest BCUT2D eigenvalue weighted by Crippen LogP contribution is 2.22. The minimum atomic E-state index is -1.04. The first-order valence-electron chi connectivity index (χ1n) is 9.70. The molecule has 1 atom stereocenters. The summed E-state index contributed by atoms with van der Waals surface area (Å²) in [6.07, 6.45) is 1.74. The summed E-state index contributed by atoms with van der Waals surface area (Å²) < 4.78 is 1.78. The first-order valence-corrected chi connectivity index (χ1v) is 9.70. The van der Waals surface area contributed by atoms with E-state index in [0.717, 1.165) is 27.5 Å². The number of aromatic nitrogens is 2. The number of hydrazine groups is 1. The van der Waals surface area contributed by atoms with Gasteiger partial charge in [0.1, 0.15) is 5.54 Å². The molecule has 1 unspecified atom stereocenters. The van der Waals surface area contributed by atoms with Crippen molar-refractivity contribution in [2.75, 3.05) is 0 Å². The van der Waals surface area contributed by atoms with Crippen molar-refractivity contribution in [3.05, 3.63) is 52.8 Å². The molecule has 29 heavy (non-hydrogen) atoms. The molecule has 1 saturated heterocycles. The lowest BCUT2D eigenvalue weighted by Gasteiger charge is -2.21. The second-order valence-electron chi connectivity index (χ2n) is 7.70. The van der Waals surface area contributed by atoms with Crippen LogP contribution in [-0.2, 0) is 29.5 Å². The molecule has 0 radical (unpaired) electrons. The van der Waals surface area contributed by atoms with Crippen molar-refractivity contribution in [1.82, 2.24) is 25.5 Å². The van der Waals surface area contributed by atoms with Crippen molar-refractivity contribution in [2.24, 2.45) is 7.05 Å². The van der Waals surface area contributed by atoms with E-state index < -0.39 is 17.5 Å². The van der Waals surface area contributed by atoms with E-state index in [4.69, 9.17) is 0 Å². The number of aryl methyl sites for hydroxylation is 3. The van der Waals surface area contributed by atoms with Gasteiger partial charge >= 0.3 is 6.03 Å². The summed E-state index contributed by atoms with van der Waals surface area (Å²) in [7, 11) is 1.86. The maximum atomic E-state index is 12.8. The monoisotopic (exact) mass is 397 g/mol. The summed E-state index contributed by atoms with van der Waals surface area (Å²) in [5.74, 6) is -0.830. The van der Waals surface area contributed by atoms with Crippen LogP contribution in [0.2, 0.25) is 0 Å². The van der Waals surface area contributed by atoms with Crippen molar-refractivity contribution in [3.63, 3.8) is 0 Å². The standard InChI is InChI=1S/C21H27N5O3/c1-14-17(15(2)25(4)23-14)10-11-18(27)24-26-19(28)21(3,22-20(26)29)13-12-16-8-6-5-7-9-16/h5-9H,10-13H2,1-4H3,(H,22,29)(H,24,27). The molecule has 0 aliphatic carbocycles. The van der Waals surface area contributed by atoms with Crippen LogP contribution in [0.1, 0.15) is 42.3 Å². The smallest absolute Gasteiger partial charge is 0.322 e. The molecule has 0 saturated carbocycles. The van der Waals surface area contributed by atoms with Gasteiger partial charge in [-0.3, -0.25) is 19.7 Å². The lowest BCUT2D eigenvalue weighted by atomic mass is 9.93. The third kappa shape index (κ3) is 4.31. The Morgan fingerprint density at radius 2 is 1.86 bits per heavy atom. The molecule has 1 aromatic heterocycles. The van der Waals surface area contributed by atoms with Gasteiger partial charge in [-0.25, -0.2) is 4.79 Å². The van der Waals surface area contributed by atoms with E-state index in [2.05, 4.69) is 15.8 Å². The molecule has 3 rings (SSSR count). The molecular formula is C21H27N5O3. The number of hydrogen-bond donors (Lipinski definition) is 2. The number of carbonyl (C=O) groups is 3. The molecule has 8 nitrogen and oxygen atoms in total. The van der Waals surface area contributed by atoms with Crippen LogP contribution in [0.15, 0.2) is 30.3 Å². The van der Waals surface area contributed by atoms with Crippen LogP contribution in [-0.4, -0.2) is 38.2 Å². The molecule has 2 aromatic rings. The molecule has 1 aliphatic rings. The zero-order chi connectivity index (χ0) is 21.2. The highest BCUT2D eigenvalue weighted by atomic mass is 16.2. The number of amides is 4. The maximum absolute atomic E-state index is 12.8. The fourth-order valence-electron chi connectivity index (χ4n) is 3.59. The summed E-state index contributed by atoms with van der Waals surface area (Å²) >= 11 is 0. The molecule has 154 valence electrons. The average molecular weight is 397 g/mol. The number of nitrogens with zero attached hydrogens (tertiary/aromatic N) is 3. The molecule has 0 spiro atoms. The van der Waals surface area contributed by atoms with Gasteiger partial charge in [-0.1, -0.05) is 30.3 Å². The Kier molecular flexibility index (Phi) is 5.72. The molecule has 2 heterocycles. The van der Waals surface area contributed by atoms with Crippen molar-refractivity contribution < 1.29 is 14.4 Å². The van der Waals surface area contributed by atoms with Gasteiger partial charge in [0, 0.05) is 19.2 Å². The van der Waals surface area contributed by atoms with E-state index >= 15 is 0 Å². The fourth-order valence-corrected chi connectivity index (χ4v) is 3.59. The quantitative estimate of drug-likeness (QED) is 0.698. The van der Waals surface area contributed by atoms with E-state index in [0.29, 0.717) is 19.3 Å². The number of benzene rings is 1. The van der Waals surface area contributed by atoms with Crippen LogP contribution in [0.25, 0.3) is 0 Å². The third-order valence-corrected chi connectivity index (χ3v) is 5.51.